The Morgan fingerprint density at radius 2 is 2.14 bits per heavy atom. The molecule has 0 radical (unpaired) electrons. The highest BCUT2D eigenvalue weighted by Crippen LogP contribution is 2.36. The molecular weight excluding hydrogens is 483 g/mol. The first-order valence-electron chi connectivity index (χ1n) is 10.8. The van der Waals surface area contributed by atoms with E-state index in [0.717, 1.165) is 11.2 Å². The molecule has 3 rings (SSSR count). The standard InChI is InChI=1S/C22H26F3N7O4/c1-11-16(33)21(2,3)20(35)32(11)17(26)13(8-27-4)30-18(34)14-9-36-19(31-14)12-5-6-28-15(7-12)29-10-22(23,24)25/h5-9,11,13,16,26,33H,10H2,1-4H3,(H,28,29)(H,30,34). The molecule has 0 bridgehead atoms. The fraction of sp³-hybridized carbons (Fsp3) is 0.455. The number of aliphatic imine (C=N–C) groups is 1. The van der Waals surface area contributed by atoms with Crippen molar-refractivity contribution in [2.75, 3.05) is 18.9 Å². The molecule has 0 aromatic carbocycles. The molecule has 1 aliphatic rings. The number of alkyl halides is 3. The average Bonchev–Trinajstić information content (AvgIpc) is 3.36. The summed E-state index contributed by atoms with van der Waals surface area (Å²) in [5, 5.41) is 23.6. The molecule has 0 spiro atoms. The fourth-order valence-corrected chi connectivity index (χ4v) is 3.75. The van der Waals surface area contributed by atoms with Gasteiger partial charge in [-0.1, -0.05) is 0 Å². The first-order chi connectivity index (χ1) is 16.8. The number of oxazole rings is 1. The Balaban J connectivity index is 1.76. The Kier molecular flexibility index (Phi) is 7.48. The van der Waals surface area contributed by atoms with E-state index in [-0.39, 0.29) is 28.8 Å². The summed E-state index contributed by atoms with van der Waals surface area (Å²) in [6, 6.07) is 0.918. The van der Waals surface area contributed by atoms with Gasteiger partial charge in [0.05, 0.1) is 17.6 Å². The van der Waals surface area contributed by atoms with Crippen molar-refractivity contribution in [1.29, 1.82) is 5.41 Å². The summed E-state index contributed by atoms with van der Waals surface area (Å²) in [7, 11) is 1.43. The maximum Gasteiger partial charge on any atom is 0.405 e. The van der Waals surface area contributed by atoms with E-state index in [1.165, 1.54) is 31.6 Å². The minimum atomic E-state index is -4.43. The van der Waals surface area contributed by atoms with E-state index >= 15 is 0 Å². The highest BCUT2D eigenvalue weighted by Gasteiger charge is 2.53. The summed E-state index contributed by atoms with van der Waals surface area (Å²) in [6.45, 7) is 3.47. The number of anilines is 1. The number of pyridine rings is 1. The van der Waals surface area contributed by atoms with Gasteiger partial charge in [0, 0.05) is 25.0 Å². The highest BCUT2D eigenvalue weighted by atomic mass is 19.4. The normalized spacial score (nSPS) is 20.6. The maximum atomic E-state index is 12.8. The molecule has 0 aliphatic carbocycles. The minimum absolute atomic E-state index is 0.0402. The minimum Gasteiger partial charge on any atom is -0.444 e. The quantitative estimate of drug-likeness (QED) is 0.329. The van der Waals surface area contributed by atoms with Crippen LogP contribution in [0.1, 0.15) is 31.3 Å². The van der Waals surface area contributed by atoms with Gasteiger partial charge in [-0.05, 0) is 32.9 Å². The van der Waals surface area contributed by atoms with Crippen LogP contribution >= 0.6 is 0 Å². The van der Waals surface area contributed by atoms with Gasteiger partial charge in [0.15, 0.2) is 5.69 Å². The Morgan fingerprint density at radius 3 is 2.72 bits per heavy atom. The number of aliphatic hydroxyl groups excluding tert-OH is 1. The SMILES string of the molecule is CN=CC(NC(=O)c1coc(-c2ccnc(NCC(F)(F)F)c2)n1)C(=N)N1C(=O)C(C)(C)C(O)C1C. The number of carbonyl (C=O) groups excluding carboxylic acids is 2. The van der Waals surface area contributed by atoms with Crippen molar-refractivity contribution in [1.82, 2.24) is 20.2 Å². The van der Waals surface area contributed by atoms with E-state index < -0.39 is 48.1 Å². The van der Waals surface area contributed by atoms with Crippen molar-refractivity contribution >= 4 is 29.7 Å². The lowest BCUT2D eigenvalue weighted by Crippen LogP contribution is -2.52. The predicted molar refractivity (Wildman–Crippen MR) is 124 cm³/mol. The summed E-state index contributed by atoms with van der Waals surface area (Å²) in [6.07, 6.45) is -1.87. The molecule has 4 N–H and O–H groups in total. The molecule has 1 aliphatic heterocycles. The van der Waals surface area contributed by atoms with Gasteiger partial charge in [-0.3, -0.25) is 24.9 Å². The Morgan fingerprint density at radius 1 is 1.44 bits per heavy atom. The van der Waals surface area contributed by atoms with Gasteiger partial charge in [0.1, 0.15) is 30.5 Å². The smallest absolute Gasteiger partial charge is 0.405 e. The van der Waals surface area contributed by atoms with Crippen LogP contribution in [-0.4, -0.2) is 81.8 Å². The number of nitrogens with zero attached hydrogens (tertiary/aromatic N) is 4. The van der Waals surface area contributed by atoms with E-state index in [4.69, 9.17) is 9.83 Å². The Labute approximate surface area is 204 Å². The third-order valence-electron chi connectivity index (χ3n) is 5.73. The topological polar surface area (TPSA) is 157 Å². The van der Waals surface area contributed by atoms with E-state index in [1.807, 2.05) is 0 Å². The molecule has 0 saturated carbocycles. The zero-order valence-electron chi connectivity index (χ0n) is 19.9. The van der Waals surface area contributed by atoms with Gasteiger partial charge in [-0.25, -0.2) is 9.97 Å². The predicted octanol–water partition coefficient (Wildman–Crippen LogP) is 2.10. The van der Waals surface area contributed by atoms with Crippen LogP contribution in [-0.2, 0) is 4.79 Å². The lowest BCUT2D eigenvalue weighted by atomic mass is 9.87. The highest BCUT2D eigenvalue weighted by molar-refractivity contribution is 6.12. The lowest BCUT2D eigenvalue weighted by Gasteiger charge is -2.27. The monoisotopic (exact) mass is 509 g/mol. The van der Waals surface area contributed by atoms with Crippen molar-refractivity contribution in [3.8, 4) is 11.5 Å². The molecule has 3 heterocycles. The first kappa shape index (κ1) is 26.8. The van der Waals surface area contributed by atoms with Crippen molar-refractivity contribution in [3.05, 3.63) is 30.3 Å². The van der Waals surface area contributed by atoms with Crippen molar-refractivity contribution in [3.63, 3.8) is 0 Å². The second-order valence-electron chi connectivity index (χ2n) is 8.76. The number of nitrogens with one attached hydrogen (secondary N) is 3. The summed E-state index contributed by atoms with van der Waals surface area (Å²) in [5.74, 6) is -1.59. The van der Waals surface area contributed by atoms with E-state index in [1.54, 1.807) is 20.8 Å². The lowest BCUT2D eigenvalue weighted by molar-refractivity contribution is -0.133. The van der Waals surface area contributed by atoms with Gasteiger partial charge in [-0.2, -0.15) is 13.2 Å². The Hall–Kier alpha value is -3.81. The summed E-state index contributed by atoms with van der Waals surface area (Å²) in [4.78, 5) is 38.5. The second-order valence-corrected chi connectivity index (χ2v) is 8.76. The zero-order valence-corrected chi connectivity index (χ0v) is 19.9. The van der Waals surface area contributed by atoms with Crippen molar-refractivity contribution in [2.24, 2.45) is 10.4 Å². The van der Waals surface area contributed by atoms with E-state index in [0.29, 0.717) is 0 Å². The number of rotatable bonds is 7. The molecule has 194 valence electrons. The number of aliphatic hydroxyl groups is 1. The molecule has 2 amide bonds. The number of likely N-dealkylation sites (tertiary alicyclic amines) is 1. The third-order valence-corrected chi connectivity index (χ3v) is 5.73. The molecule has 3 unspecified atom stereocenters. The summed E-state index contributed by atoms with van der Waals surface area (Å²) in [5.41, 5.74) is -1.00. The zero-order chi connectivity index (χ0) is 26.8. The van der Waals surface area contributed by atoms with E-state index in [2.05, 4.69) is 25.6 Å². The number of amidine groups is 1. The summed E-state index contributed by atoms with van der Waals surface area (Å²) >= 11 is 0. The number of carbonyl (C=O) groups is 2. The molecule has 3 atom stereocenters. The Bertz CT molecular complexity index is 1180. The number of amides is 2. The first-order valence-corrected chi connectivity index (χ1v) is 10.8. The van der Waals surface area contributed by atoms with Gasteiger partial charge in [-0.15, -0.1) is 0 Å². The molecular formula is C22H26F3N7O4. The second kappa shape index (κ2) is 10.0. The van der Waals surface area contributed by atoms with Crippen LogP contribution in [0.15, 0.2) is 34.0 Å². The van der Waals surface area contributed by atoms with E-state index in [9.17, 15) is 27.9 Å². The van der Waals surface area contributed by atoms with Gasteiger partial charge >= 0.3 is 6.18 Å². The van der Waals surface area contributed by atoms with Gasteiger partial charge < -0.3 is 20.2 Å². The van der Waals surface area contributed by atoms with Crippen LogP contribution in [0.5, 0.6) is 0 Å². The molecule has 14 heteroatoms. The number of halogens is 3. The van der Waals surface area contributed by atoms with Gasteiger partial charge in [0.25, 0.3) is 5.91 Å². The maximum absolute atomic E-state index is 12.8. The summed E-state index contributed by atoms with van der Waals surface area (Å²) < 4.78 is 42.7. The van der Waals surface area contributed by atoms with Crippen LogP contribution in [0.2, 0.25) is 0 Å². The fourth-order valence-electron chi connectivity index (χ4n) is 3.75. The number of aromatic nitrogens is 2. The molecule has 2 aromatic rings. The van der Waals surface area contributed by atoms with Crippen LogP contribution in [0.3, 0.4) is 0 Å². The van der Waals surface area contributed by atoms with Gasteiger partial charge in [0.2, 0.25) is 11.8 Å². The molecule has 2 aromatic heterocycles. The van der Waals surface area contributed by atoms with Crippen LogP contribution in [0.25, 0.3) is 11.5 Å². The third kappa shape index (κ3) is 5.53. The van der Waals surface area contributed by atoms with Crippen LogP contribution in [0.4, 0.5) is 19.0 Å². The van der Waals surface area contributed by atoms with Crippen LogP contribution < -0.4 is 10.6 Å². The average molecular weight is 509 g/mol. The molecule has 11 nitrogen and oxygen atoms in total. The number of hydrogen-bond acceptors (Lipinski definition) is 9. The largest absolute Gasteiger partial charge is 0.444 e. The number of hydrogen-bond donors (Lipinski definition) is 4. The van der Waals surface area contributed by atoms with Crippen molar-refractivity contribution in [2.45, 2.75) is 45.1 Å². The molecule has 36 heavy (non-hydrogen) atoms. The molecule has 1 fully saturated rings. The van der Waals surface area contributed by atoms with Crippen LogP contribution in [0, 0.1) is 10.8 Å². The molecule has 1 saturated heterocycles. The van der Waals surface area contributed by atoms with Crippen molar-refractivity contribution < 1.29 is 32.3 Å².